The molecule has 7 nitrogen and oxygen atoms in total. The van der Waals surface area contributed by atoms with Gasteiger partial charge in [-0.05, 0) is 42.5 Å². The Morgan fingerprint density at radius 3 is 2.48 bits per heavy atom. The highest BCUT2D eigenvalue weighted by atomic mass is 16.5. The van der Waals surface area contributed by atoms with Crippen LogP contribution in [0.4, 0.5) is 5.69 Å². The Morgan fingerprint density at radius 2 is 1.74 bits per heavy atom. The Kier molecular flexibility index (Phi) is 5.78. The third-order valence-electron chi connectivity index (χ3n) is 6.46. The van der Waals surface area contributed by atoms with Gasteiger partial charge in [0.2, 0.25) is 11.6 Å². The number of ether oxygens (including phenoxy) is 1. The average Bonchev–Trinajstić information content (AvgIpc) is 3.24. The van der Waals surface area contributed by atoms with Crippen molar-refractivity contribution in [1.82, 2.24) is 0 Å². The molecule has 0 amide bonds. The zero-order chi connectivity index (χ0) is 22.0. The number of para-hydroxylation sites is 2. The Labute approximate surface area is 180 Å². The van der Waals surface area contributed by atoms with Crippen molar-refractivity contribution in [1.29, 1.82) is 0 Å². The van der Waals surface area contributed by atoms with Crippen LogP contribution in [0.3, 0.4) is 0 Å². The molecule has 0 saturated heterocycles. The van der Waals surface area contributed by atoms with Crippen LogP contribution in [0, 0.1) is 5.92 Å². The second-order valence-electron chi connectivity index (χ2n) is 8.38. The quantitative estimate of drug-likeness (QED) is 0.560. The van der Waals surface area contributed by atoms with E-state index in [2.05, 4.69) is 5.32 Å². The number of carbonyl (C=O) groups is 3. The Balaban J connectivity index is 1.57. The number of carboxylic acid groups (broad SMARTS) is 1. The number of nitrogens with two attached hydrogens (primary N) is 1. The number of rotatable bonds is 8. The van der Waals surface area contributed by atoms with E-state index in [0.29, 0.717) is 5.75 Å². The number of ketones is 2. The maximum atomic E-state index is 12.7. The predicted molar refractivity (Wildman–Crippen MR) is 115 cm³/mol. The number of carbonyl (C=O) groups excluding carboxylic acids is 2. The van der Waals surface area contributed by atoms with Crippen LogP contribution in [0.25, 0.3) is 0 Å². The number of hydrogen-bond donors (Lipinski definition) is 3. The molecule has 2 aromatic carbocycles. The van der Waals surface area contributed by atoms with Crippen LogP contribution in [0.15, 0.2) is 54.6 Å². The van der Waals surface area contributed by atoms with E-state index in [-0.39, 0.29) is 12.0 Å². The van der Waals surface area contributed by atoms with Gasteiger partial charge in [0.1, 0.15) is 11.3 Å². The predicted octanol–water partition coefficient (Wildman–Crippen LogP) is 2.75. The Bertz CT molecular complexity index is 992. The van der Waals surface area contributed by atoms with Crippen LogP contribution < -0.4 is 15.8 Å². The molecule has 1 heterocycles. The van der Waals surface area contributed by atoms with Crippen molar-refractivity contribution in [3.63, 3.8) is 0 Å². The molecule has 2 aliphatic rings. The normalized spacial score (nSPS) is 23.6. The van der Waals surface area contributed by atoms with Crippen molar-refractivity contribution < 1.29 is 24.2 Å². The molecule has 0 radical (unpaired) electrons. The van der Waals surface area contributed by atoms with Crippen LogP contribution in [0.1, 0.15) is 37.2 Å². The summed E-state index contributed by atoms with van der Waals surface area (Å²) in [4.78, 5) is 37.6. The minimum Gasteiger partial charge on any atom is -0.485 e. The Morgan fingerprint density at radius 1 is 1.03 bits per heavy atom. The number of aliphatic carboxylic acids is 1. The molecule has 2 aromatic rings. The van der Waals surface area contributed by atoms with Gasteiger partial charge in [-0.3, -0.25) is 14.4 Å². The summed E-state index contributed by atoms with van der Waals surface area (Å²) in [5, 5.41) is 13.6. The lowest BCUT2D eigenvalue weighted by Gasteiger charge is -2.44. The molecule has 0 bridgehead atoms. The van der Waals surface area contributed by atoms with Gasteiger partial charge in [0, 0.05) is 24.1 Å². The summed E-state index contributed by atoms with van der Waals surface area (Å²) in [5.41, 5.74) is 6.24. The largest absolute Gasteiger partial charge is 0.485 e. The lowest BCUT2D eigenvalue weighted by molar-refractivity contribution is -0.148. The number of Topliss-reactive ketones (excluding diaryl/α,β-unsaturated/α-hetero) is 2. The lowest BCUT2D eigenvalue weighted by Crippen LogP contribution is -2.59. The first-order valence-corrected chi connectivity index (χ1v) is 10.5. The summed E-state index contributed by atoms with van der Waals surface area (Å²) in [5.74, 6) is -3.01. The van der Waals surface area contributed by atoms with E-state index in [9.17, 15) is 19.5 Å². The van der Waals surface area contributed by atoms with Crippen LogP contribution in [0.2, 0.25) is 0 Å². The number of hydrogen-bond acceptors (Lipinski definition) is 6. The fraction of sp³-hybridized carbons (Fsp3) is 0.375. The summed E-state index contributed by atoms with van der Waals surface area (Å²) in [6.45, 7) is -0.451. The maximum Gasteiger partial charge on any atom is 0.324 e. The summed E-state index contributed by atoms with van der Waals surface area (Å²) in [6.07, 6.45) is 2.13. The second kappa shape index (κ2) is 8.51. The third-order valence-corrected chi connectivity index (χ3v) is 6.46. The van der Waals surface area contributed by atoms with E-state index < -0.39 is 42.0 Å². The molecule has 162 valence electrons. The van der Waals surface area contributed by atoms with Gasteiger partial charge in [-0.15, -0.1) is 0 Å². The molecule has 7 heteroatoms. The number of nitrogens with one attached hydrogen (secondary N) is 1. The van der Waals surface area contributed by atoms with Crippen molar-refractivity contribution in [2.45, 2.75) is 43.2 Å². The zero-order valence-corrected chi connectivity index (χ0v) is 17.1. The summed E-state index contributed by atoms with van der Waals surface area (Å²) in [6, 6.07) is 16.3. The first-order valence-electron chi connectivity index (χ1n) is 10.5. The van der Waals surface area contributed by atoms with E-state index in [0.717, 1.165) is 30.5 Å². The van der Waals surface area contributed by atoms with Crippen LogP contribution in [0.5, 0.6) is 5.75 Å². The highest BCUT2D eigenvalue weighted by molar-refractivity contribution is 6.38. The molecular formula is C24H26N2O5. The van der Waals surface area contributed by atoms with Crippen molar-refractivity contribution in [2.24, 2.45) is 11.7 Å². The van der Waals surface area contributed by atoms with E-state index in [1.165, 1.54) is 0 Å². The third kappa shape index (κ3) is 4.05. The van der Waals surface area contributed by atoms with Crippen LogP contribution >= 0.6 is 0 Å². The molecular weight excluding hydrogens is 396 g/mol. The van der Waals surface area contributed by atoms with Crippen LogP contribution in [-0.4, -0.2) is 40.8 Å². The zero-order valence-electron chi connectivity index (χ0n) is 17.1. The van der Waals surface area contributed by atoms with E-state index >= 15 is 0 Å². The SMILES string of the molecule is NC(CC(=O)C(=O)COc1ccccc1)(C(=O)O)C1c2ccccc2N[C@@H]2CCC[C@H]12. The lowest BCUT2D eigenvalue weighted by atomic mass is 9.66. The molecule has 31 heavy (non-hydrogen) atoms. The van der Waals surface area contributed by atoms with Crippen molar-refractivity contribution in [3.8, 4) is 5.75 Å². The summed E-state index contributed by atoms with van der Waals surface area (Å²) < 4.78 is 5.37. The highest BCUT2D eigenvalue weighted by Crippen LogP contribution is 2.50. The van der Waals surface area contributed by atoms with Gasteiger partial charge >= 0.3 is 5.97 Å². The molecule has 4 N–H and O–H groups in total. The van der Waals surface area contributed by atoms with Gasteiger partial charge in [0.15, 0.2) is 6.61 Å². The maximum absolute atomic E-state index is 12.7. The molecule has 4 atom stereocenters. The fourth-order valence-corrected chi connectivity index (χ4v) is 4.99. The standard InChI is InChI=1S/C24H26N2O5/c25-24(23(29)30,13-20(27)21(28)14-31-15-7-2-1-3-8-15)22-16-9-4-5-11-18(16)26-19-12-6-10-17(19)22/h1-5,7-9,11,17,19,22,26H,6,10,12-14,25H2,(H,29,30)/t17-,19+,22?,24?/m0/s1. The van der Waals surface area contributed by atoms with Gasteiger partial charge in [-0.1, -0.05) is 42.8 Å². The monoisotopic (exact) mass is 422 g/mol. The fourth-order valence-electron chi connectivity index (χ4n) is 4.99. The van der Waals surface area contributed by atoms with Crippen molar-refractivity contribution in [3.05, 3.63) is 60.2 Å². The molecule has 1 saturated carbocycles. The summed E-state index contributed by atoms with van der Waals surface area (Å²) >= 11 is 0. The van der Waals surface area contributed by atoms with Crippen molar-refractivity contribution in [2.75, 3.05) is 11.9 Å². The van der Waals surface area contributed by atoms with Gasteiger partial charge in [0.05, 0.1) is 0 Å². The molecule has 0 aromatic heterocycles. The second-order valence-corrected chi connectivity index (χ2v) is 8.38. The molecule has 0 spiro atoms. The molecule has 1 fully saturated rings. The number of fused-ring (bicyclic) bond motifs is 2. The Hall–Kier alpha value is -3.19. The first-order chi connectivity index (χ1) is 14.9. The first kappa shape index (κ1) is 21.1. The van der Waals surface area contributed by atoms with Crippen molar-refractivity contribution >= 4 is 23.2 Å². The minimum absolute atomic E-state index is 0.0144. The smallest absolute Gasteiger partial charge is 0.324 e. The van der Waals surface area contributed by atoms with E-state index in [4.69, 9.17) is 10.5 Å². The highest BCUT2D eigenvalue weighted by Gasteiger charge is 2.53. The van der Waals surface area contributed by atoms with Gasteiger partial charge in [-0.2, -0.15) is 0 Å². The molecule has 1 aliphatic carbocycles. The van der Waals surface area contributed by atoms with Gasteiger partial charge in [0.25, 0.3) is 0 Å². The van der Waals surface area contributed by atoms with Gasteiger partial charge < -0.3 is 20.9 Å². The number of carboxylic acids is 1. The molecule has 2 unspecified atom stereocenters. The van der Waals surface area contributed by atoms with Gasteiger partial charge in [-0.25, -0.2) is 0 Å². The van der Waals surface area contributed by atoms with E-state index in [1.807, 2.05) is 30.3 Å². The number of anilines is 1. The average molecular weight is 422 g/mol. The molecule has 4 rings (SSSR count). The molecule has 1 aliphatic heterocycles. The topological polar surface area (TPSA) is 119 Å². The minimum atomic E-state index is -1.88. The number of benzene rings is 2. The van der Waals surface area contributed by atoms with Crippen LogP contribution in [-0.2, 0) is 14.4 Å². The van der Waals surface area contributed by atoms with E-state index in [1.54, 1.807) is 24.3 Å². The summed E-state index contributed by atoms with van der Waals surface area (Å²) in [7, 11) is 0.